The van der Waals surface area contributed by atoms with E-state index in [0.717, 1.165) is 25.0 Å². The Bertz CT molecular complexity index is 482. The fourth-order valence-electron chi connectivity index (χ4n) is 2.22. The number of halogens is 3. The molecule has 0 spiro atoms. The molecule has 0 aliphatic heterocycles. The summed E-state index contributed by atoms with van der Waals surface area (Å²) in [5.41, 5.74) is -1.36. The maximum Gasteiger partial charge on any atom is 0.417 e. The fraction of sp³-hybridized carbons (Fsp3) is 0.500. The van der Waals surface area contributed by atoms with E-state index >= 15 is 0 Å². The second kappa shape index (κ2) is 6.15. The van der Waals surface area contributed by atoms with Gasteiger partial charge in [-0.2, -0.15) is 13.2 Å². The molecule has 112 valence electrons. The first kappa shape index (κ1) is 16.3. The third kappa shape index (κ3) is 3.43. The Morgan fingerprint density at radius 2 is 1.85 bits per heavy atom. The number of nitrogens with zero attached hydrogens (tertiary/aromatic N) is 1. The zero-order valence-electron chi connectivity index (χ0n) is 11.7. The molecule has 3 nitrogen and oxygen atoms in total. The zero-order valence-corrected chi connectivity index (χ0v) is 11.7. The number of carbonyl (C=O) groups is 1. The summed E-state index contributed by atoms with van der Waals surface area (Å²) in [5.74, 6) is -1.57. The number of hydrogen-bond acceptors (Lipinski definition) is 2. The zero-order chi connectivity index (χ0) is 15.5. The van der Waals surface area contributed by atoms with Gasteiger partial charge in [-0.25, -0.2) is 4.79 Å². The second-order valence-electron chi connectivity index (χ2n) is 4.61. The number of aromatic carboxylic acids is 1. The molecule has 0 saturated carbocycles. The van der Waals surface area contributed by atoms with E-state index < -0.39 is 23.3 Å². The lowest BCUT2D eigenvalue weighted by molar-refractivity contribution is -0.138. The Balaban J connectivity index is 3.27. The van der Waals surface area contributed by atoms with Crippen LogP contribution in [0.5, 0.6) is 0 Å². The normalized spacial score (nSPS) is 11.8. The smallest absolute Gasteiger partial charge is 0.417 e. The number of alkyl halides is 3. The molecule has 1 aromatic carbocycles. The third-order valence-electron chi connectivity index (χ3n) is 3.44. The Labute approximate surface area is 116 Å². The molecule has 0 radical (unpaired) electrons. The standard InChI is InChI=1S/C14H18F3NO2/c1-4-9(5-2)18(3)10-6-7-12(14(15,16)17)11(8-10)13(19)20/h6-9H,4-5H2,1-3H3,(H,19,20). The summed E-state index contributed by atoms with van der Waals surface area (Å²) in [6.07, 6.45) is -3.01. The van der Waals surface area contributed by atoms with Crippen molar-refractivity contribution >= 4 is 11.7 Å². The molecule has 0 amide bonds. The van der Waals surface area contributed by atoms with Crippen molar-refractivity contribution in [2.45, 2.75) is 38.9 Å². The Kier molecular flexibility index (Phi) is 5.03. The van der Waals surface area contributed by atoms with Crippen LogP contribution in [0.3, 0.4) is 0 Å². The highest BCUT2D eigenvalue weighted by atomic mass is 19.4. The van der Waals surface area contributed by atoms with Gasteiger partial charge in [0.05, 0.1) is 11.1 Å². The Hall–Kier alpha value is -1.72. The van der Waals surface area contributed by atoms with Crippen molar-refractivity contribution in [1.82, 2.24) is 0 Å². The van der Waals surface area contributed by atoms with Crippen LogP contribution in [0.15, 0.2) is 18.2 Å². The summed E-state index contributed by atoms with van der Waals surface area (Å²) in [6.45, 7) is 3.96. The maximum atomic E-state index is 12.8. The van der Waals surface area contributed by atoms with Crippen LogP contribution in [-0.4, -0.2) is 24.2 Å². The molecule has 0 aliphatic rings. The lowest BCUT2D eigenvalue weighted by Crippen LogP contribution is -2.30. The molecule has 0 heterocycles. The maximum absolute atomic E-state index is 12.8. The minimum Gasteiger partial charge on any atom is -0.478 e. The van der Waals surface area contributed by atoms with E-state index in [1.807, 2.05) is 18.7 Å². The molecule has 0 aromatic heterocycles. The van der Waals surface area contributed by atoms with Gasteiger partial charge >= 0.3 is 12.1 Å². The van der Waals surface area contributed by atoms with E-state index in [4.69, 9.17) is 5.11 Å². The molecule has 0 unspecified atom stereocenters. The first-order valence-electron chi connectivity index (χ1n) is 6.39. The van der Waals surface area contributed by atoms with Gasteiger partial charge < -0.3 is 10.0 Å². The number of hydrogen-bond donors (Lipinski definition) is 1. The highest BCUT2D eigenvalue weighted by Gasteiger charge is 2.35. The Morgan fingerprint density at radius 3 is 2.25 bits per heavy atom. The van der Waals surface area contributed by atoms with Gasteiger partial charge in [-0.3, -0.25) is 0 Å². The molecule has 0 saturated heterocycles. The predicted molar refractivity (Wildman–Crippen MR) is 71.2 cm³/mol. The van der Waals surface area contributed by atoms with Gasteiger partial charge in [0.2, 0.25) is 0 Å². The highest BCUT2D eigenvalue weighted by molar-refractivity contribution is 5.91. The molecular weight excluding hydrogens is 271 g/mol. The van der Waals surface area contributed by atoms with Crippen LogP contribution in [0.4, 0.5) is 18.9 Å². The summed E-state index contributed by atoms with van der Waals surface area (Å²) in [5, 5.41) is 8.97. The van der Waals surface area contributed by atoms with Crippen molar-refractivity contribution in [2.75, 3.05) is 11.9 Å². The monoisotopic (exact) mass is 289 g/mol. The molecule has 1 N–H and O–H groups in total. The molecule has 6 heteroatoms. The van der Waals surface area contributed by atoms with Gasteiger partial charge in [0.15, 0.2) is 0 Å². The average molecular weight is 289 g/mol. The number of anilines is 1. The van der Waals surface area contributed by atoms with Crippen LogP contribution in [0.1, 0.15) is 42.6 Å². The number of rotatable bonds is 5. The van der Waals surface area contributed by atoms with Crippen LogP contribution in [0.2, 0.25) is 0 Å². The molecule has 0 fully saturated rings. The number of carboxylic acids is 1. The summed E-state index contributed by atoms with van der Waals surface area (Å²) in [4.78, 5) is 12.8. The molecule has 1 aromatic rings. The molecule has 0 bridgehead atoms. The molecule has 20 heavy (non-hydrogen) atoms. The van der Waals surface area contributed by atoms with Crippen LogP contribution in [0, 0.1) is 0 Å². The molecule has 0 atom stereocenters. The van der Waals surface area contributed by atoms with Crippen molar-refractivity contribution in [1.29, 1.82) is 0 Å². The number of carboxylic acid groups (broad SMARTS) is 1. The van der Waals surface area contributed by atoms with Gasteiger partial charge in [-0.15, -0.1) is 0 Å². The largest absolute Gasteiger partial charge is 0.478 e. The van der Waals surface area contributed by atoms with Gasteiger partial charge in [-0.05, 0) is 31.0 Å². The van der Waals surface area contributed by atoms with Crippen molar-refractivity contribution in [3.63, 3.8) is 0 Å². The molecule has 1 rings (SSSR count). The first-order valence-corrected chi connectivity index (χ1v) is 6.39. The highest BCUT2D eigenvalue weighted by Crippen LogP contribution is 2.34. The average Bonchev–Trinajstić information content (AvgIpc) is 2.38. The summed E-state index contributed by atoms with van der Waals surface area (Å²) in [7, 11) is 1.76. The Morgan fingerprint density at radius 1 is 1.30 bits per heavy atom. The summed E-state index contributed by atoms with van der Waals surface area (Å²) >= 11 is 0. The summed E-state index contributed by atoms with van der Waals surface area (Å²) < 4.78 is 38.3. The topological polar surface area (TPSA) is 40.5 Å². The quantitative estimate of drug-likeness (QED) is 0.889. The van der Waals surface area contributed by atoms with E-state index in [1.165, 1.54) is 6.07 Å². The van der Waals surface area contributed by atoms with Crippen LogP contribution in [-0.2, 0) is 6.18 Å². The van der Waals surface area contributed by atoms with Crippen molar-refractivity contribution in [2.24, 2.45) is 0 Å². The molecule has 0 aliphatic carbocycles. The van der Waals surface area contributed by atoms with Crippen molar-refractivity contribution in [3.8, 4) is 0 Å². The molecular formula is C14H18F3NO2. The first-order chi connectivity index (χ1) is 9.22. The minimum absolute atomic E-state index is 0.161. The van der Waals surface area contributed by atoms with E-state index in [1.54, 1.807) is 7.05 Å². The van der Waals surface area contributed by atoms with Crippen LogP contribution in [0.25, 0.3) is 0 Å². The van der Waals surface area contributed by atoms with Gasteiger partial charge in [-0.1, -0.05) is 13.8 Å². The predicted octanol–water partition coefficient (Wildman–Crippen LogP) is 4.03. The third-order valence-corrected chi connectivity index (χ3v) is 3.44. The minimum atomic E-state index is -4.67. The lowest BCUT2D eigenvalue weighted by Gasteiger charge is -2.29. The van der Waals surface area contributed by atoms with E-state index in [-0.39, 0.29) is 6.04 Å². The van der Waals surface area contributed by atoms with Gasteiger partial charge in [0.25, 0.3) is 0 Å². The van der Waals surface area contributed by atoms with Crippen molar-refractivity contribution < 1.29 is 23.1 Å². The van der Waals surface area contributed by atoms with Gasteiger partial charge in [0, 0.05) is 18.8 Å². The van der Waals surface area contributed by atoms with E-state index in [2.05, 4.69) is 0 Å². The van der Waals surface area contributed by atoms with Crippen molar-refractivity contribution in [3.05, 3.63) is 29.3 Å². The number of benzene rings is 1. The summed E-state index contributed by atoms with van der Waals surface area (Å²) in [6, 6.07) is 3.39. The second-order valence-corrected chi connectivity index (χ2v) is 4.61. The van der Waals surface area contributed by atoms with Gasteiger partial charge in [0.1, 0.15) is 0 Å². The van der Waals surface area contributed by atoms with Crippen LogP contribution >= 0.6 is 0 Å². The SMILES string of the molecule is CCC(CC)N(C)c1ccc(C(F)(F)F)c(C(=O)O)c1. The lowest BCUT2D eigenvalue weighted by atomic mass is 10.0. The van der Waals surface area contributed by atoms with E-state index in [0.29, 0.717) is 5.69 Å². The fourth-order valence-corrected chi connectivity index (χ4v) is 2.22. The van der Waals surface area contributed by atoms with Crippen LogP contribution < -0.4 is 4.90 Å². The van der Waals surface area contributed by atoms with E-state index in [9.17, 15) is 18.0 Å².